The molecule has 6 nitrogen and oxygen atoms in total. The average Bonchev–Trinajstić information content (AvgIpc) is 3.15. The van der Waals surface area contributed by atoms with E-state index in [1.807, 2.05) is 23.0 Å². The molecule has 0 radical (unpaired) electrons. The first-order chi connectivity index (χ1) is 12.9. The Morgan fingerprint density at radius 3 is 2.85 bits per heavy atom. The Bertz CT molecular complexity index is 813. The smallest absolute Gasteiger partial charge is 0.252 e. The van der Waals surface area contributed by atoms with Crippen LogP contribution in [0.15, 0.2) is 23.0 Å². The van der Waals surface area contributed by atoms with E-state index in [4.69, 9.17) is 4.98 Å². The number of carbonyl (C=O) groups excluding carboxylic acids is 1. The SMILES string of the molecule is CC1(C)Cc2nc(N3CCC(O)CC3)ncc2[C@H](NC(=O)c2ccsc2)C1. The molecule has 0 bridgehead atoms. The van der Waals surface area contributed by atoms with Crippen molar-refractivity contribution in [2.75, 3.05) is 18.0 Å². The highest BCUT2D eigenvalue weighted by Crippen LogP contribution is 2.40. The maximum atomic E-state index is 12.6. The van der Waals surface area contributed by atoms with Gasteiger partial charge in [0.05, 0.1) is 23.4 Å². The highest BCUT2D eigenvalue weighted by atomic mass is 32.1. The first-order valence-electron chi connectivity index (χ1n) is 9.53. The predicted molar refractivity (Wildman–Crippen MR) is 106 cm³/mol. The number of fused-ring (bicyclic) bond motifs is 1. The van der Waals surface area contributed by atoms with Crippen LogP contribution in [0.1, 0.15) is 60.8 Å². The molecule has 1 amide bonds. The minimum Gasteiger partial charge on any atom is -0.393 e. The third-order valence-corrected chi connectivity index (χ3v) is 6.18. The van der Waals surface area contributed by atoms with Crippen molar-refractivity contribution < 1.29 is 9.90 Å². The van der Waals surface area contributed by atoms with Gasteiger partial charge in [-0.2, -0.15) is 11.3 Å². The second-order valence-corrected chi connectivity index (χ2v) is 9.15. The summed E-state index contributed by atoms with van der Waals surface area (Å²) >= 11 is 1.52. The van der Waals surface area contributed by atoms with E-state index >= 15 is 0 Å². The van der Waals surface area contributed by atoms with Crippen molar-refractivity contribution in [3.05, 3.63) is 39.8 Å². The summed E-state index contributed by atoms with van der Waals surface area (Å²) in [5.74, 6) is 0.695. The number of aromatic nitrogens is 2. The second-order valence-electron chi connectivity index (χ2n) is 8.37. The fraction of sp³-hybridized carbons (Fsp3) is 0.550. The van der Waals surface area contributed by atoms with Crippen LogP contribution in [-0.4, -0.2) is 40.2 Å². The van der Waals surface area contributed by atoms with Crippen LogP contribution >= 0.6 is 11.3 Å². The number of amides is 1. The molecule has 1 aliphatic heterocycles. The monoisotopic (exact) mass is 386 g/mol. The minimum absolute atomic E-state index is 0.0426. The van der Waals surface area contributed by atoms with Crippen molar-refractivity contribution in [1.82, 2.24) is 15.3 Å². The Kier molecular flexibility index (Phi) is 4.90. The van der Waals surface area contributed by atoms with Gasteiger partial charge in [-0.15, -0.1) is 0 Å². The van der Waals surface area contributed by atoms with E-state index < -0.39 is 0 Å². The van der Waals surface area contributed by atoms with Gasteiger partial charge in [0, 0.05) is 30.2 Å². The van der Waals surface area contributed by atoms with Gasteiger partial charge in [0.2, 0.25) is 5.95 Å². The van der Waals surface area contributed by atoms with E-state index in [0.717, 1.165) is 56.0 Å². The third-order valence-electron chi connectivity index (χ3n) is 5.50. The maximum absolute atomic E-state index is 12.6. The average molecular weight is 387 g/mol. The van der Waals surface area contributed by atoms with E-state index in [9.17, 15) is 9.90 Å². The summed E-state index contributed by atoms with van der Waals surface area (Å²) in [6.07, 6.45) is 4.93. The zero-order valence-electron chi connectivity index (χ0n) is 15.8. The highest BCUT2D eigenvalue weighted by molar-refractivity contribution is 7.08. The van der Waals surface area contributed by atoms with Crippen LogP contribution in [0, 0.1) is 5.41 Å². The zero-order chi connectivity index (χ0) is 19.0. The third kappa shape index (κ3) is 3.99. The molecule has 0 aromatic carbocycles. The molecule has 27 heavy (non-hydrogen) atoms. The zero-order valence-corrected chi connectivity index (χ0v) is 16.6. The number of nitrogens with zero attached hydrogens (tertiary/aromatic N) is 3. The molecular formula is C20H26N4O2S. The summed E-state index contributed by atoms with van der Waals surface area (Å²) in [5.41, 5.74) is 2.81. The van der Waals surface area contributed by atoms with Crippen molar-refractivity contribution in [1.29, 1.82) is 0 Å². The first kappa shape index (κ1) is 18.4. The van der Waals surface area contributed by atoms with Crippen molar-refractivity contribution >= 4 is 23.2 Å². The molecule has 1 atom stereocenters. The molecule has 0 saturated carbocycles. The lowest BCUT2D eigenvalue weighted by Gasteiger charge is -2.37. The fourth-order valence-corrected chi connectivity index (χ4v) is 4.65. The number of aliphatic hydroxyl groups excluding tert-OH is 1. The van der Waals surface area contributed by atoms with Crippen molar-refractivity contribution in [2.45, 2.75) is 51.7 Å². The maximum Gasteiger partial charge on any atom is 0.252 e. The topological polar surface area (TPSA) is 78.3 Å². The summed E-state index contributed by atoms with van der Waals surface area (Å²) in [6.45, 7) is 6.00. The molecule has 0 unspecified atom stereocenters. The molecule has 1 fully saturated rings. The number of carbonyl (C=O) groups is 1. The highest BCUT2D eigenvalue weighted by Gasteiger charge is 2.35. The van der Waals surface area contributed by atoms with Gasteiger partial charge < -0.3 is 15.3 Å². The largest absolute Gasteiger partial charge is 0.393 e. The van der Waals surface area contributed by atoms with Crippen LogP contribution in [0.3, 0.4) is 0 Å². The van der Waals surface area contributed by atoms with Crippen LogP contribution in [0.2, 0.25) is 0 Å². The van der Waals surface area contributed by atoms with Gasteiger partial charge >= 0.3 is 0 Å². The summed E-state index contributed by atoms with van der Waals surface area (Å²) < 4.78 is 0. The molecule has 1 saturated heterocycles. The van der Waals surface area contributed by atoms with Crippen LogP contribution in [0.4, 0.5) is 5.95 Å². The molecule has 4 rings (SSSR count). The molecular weight excluding hydrogens is 360 g/mol. The second kappa shape index (κ2) is 7.20. The Balaban J connectivity index is 1.58. The molecule has 144 valence electrons. The summed E-state index contributed by atoms with van der Waals surface area (Å²) in [7, 11) is 0. The molecule has 2 N–H and O–H groups in total. The summed E-state index contributed by atoms with van der Waals surface area (Å²) in [5, 5.41) is 16.7. The van der Waals surface area contributed by atoms with Gasteiger partial charge in [-0.3, -0.25) is 4.79 Å². The number of piperidine rings is 1. The number of aliphatic hydroxyl groups is 1. The van der Waals surface area contributed by atoms with Gasteiger partial charge in [0.25, 0.3) is 5.91 Å². The van der Waals surface area contributed by atoms with E-state index in [0.29, 0.717) is 5.56 Å². The first-order valence-corrected chi connectivity index (χ1v) is 10.5. The Morgan fingerprint density at radius 1 is 1.37 bits per heavy atom. The molecule has 2 aliphatic rings. The van der Waals surface area contributed by atoms with Crippen molar-refractivity contribution in [2.24, 2.45) is 5.41 Å². The lowest BCUT2D eigenvalue weighted by Crippen LogP contribution is -2.39. The van der Waals surface area contributed by atoms with Crippen LogP contribution in [0.5, 0.6) is 0 Å². The number of hydrogen-bond donors (Lipinski definition) is 2. The number of rotatable bonds is 3. The normalized spacial score (nSPS) is 22.3. The van der Waals surface area contributed by atoms with Gasteiger partial charge in [-0.05, 0) is 42.5 Å². The van der Waals surface area contributed by atoms with Crippen LogP contribution in [-0.2, 0) is 6.42 Å². The Labute approximate surface area is 163 Å². The molecule has 2 aromatic heterocycles. The number of anilines is 1. The lowest BCUT2D eigenvalue weighted by molar-refractivity contribution is 0.0919. The van der Waals surface area contributed by atoms with Crippen LogP contribution < -0.4 is 10.2 Å². The van der Waals surface area contributed by atoms with E-state index in [1.54, 1.807) is 0 Å². The molecule has 0 spiro atoms. The quantitative estimate of drug-likeness (QED) is 0.848. The van der Waals surface area contributed by atoms with E-state index in [-0.39, 0.29) is 23.5 Å². The van der Waals surface area contributed by atoms with Gasteiger partial charge in [0.15, 0.2) is 0 Å². The predicted octanol–water partition coefficient (Wildman–Crippen LogP) is 2.94. The summed E-state index contributed by atoms with van der Waals surface area (Å²) in [4.78, 5) is 24.2. The standard InChI is InChI=1S/C20H26N4O2S/c1-20(2)9-16(22-18(26)13-5-8-27-12-13)15-11-21-19(23-17(15)10-20)24-6-3-14(25)4-7-24/h5,8,11-12,14,16,25H,3-4,6-7,9-10H2,1-2H3,(H,22,26)/t16-/m1/s1. The van der Waals surface area contributed by atoms with Gasteiger partial charge in [0.1, 0.15) is 0 Å². The molecule has 1 aliphatic carbocycles. The van der Waals surface area contributed by atoms with E-state index in [1.165, 1.54) is 11.3 Å². The fourth-order valence-electron chi connectivity index (χ4n) is 4.02. The molecule has 3 heterocycles. The van der Waals surface area contributed by atoms with Crippen LogP contribution in [0.25, 0.3) is 0 Å². The van der Waals surface area contributed by atoms with Crippen molar-refractivity contribution in [3.8, 4) is 0 Å². The molecule has 2 aromatic rings. The number of nitrogens with one attached hydrogen (secondary N) is 1. The van der Waals surface area contributed by atoms with E-state index in [2.05, 4.69) is 29.0 Å². The van der Waals surface area contributed by atoms with Crippen molar-refractivity contribution in [3.63, 3.8) is 0 Å². The number of hydrogen-bond acceptors (Lipinski definition) is 6. The van der Waals surface area contributed by atoms with Gasteiger partial charge in [-0.25, -0.2) is 9.97 Å². The Hall–Kier alpha value is -1.99. The molecule has 7 heteroatoms. The lowest BCUT2D eigenvalue weighted by atomic mass is 9.74. The minimum atomic E-state index is -0.213. The number of thiophene rings is 1. The van der Waals surface area contributed by atoms with Gasteiger partial charge in [-0.1, -0.05) is 13.8 Å². The Morgan fingerprint density at radius 2 is 2.15 bits per heavy atom. The summed E-state index contributed by atoms with van der Waals surface area (Å²) in [6, 6.07) is 1.77.